The van der Waals surface area contributed by atoms with Crippen molar-refractivity contribution in [1.82, 2.24) is 0 Å². The molecular formula is C8H15BrO. The zero-order valence-electron chi connectivity index (χ0n) is 6.48. The minimum Gasteiger partial charge on any atom is -0.378 e. The molecule has 0 aromatic heterocycles. The number of ether oxygens (including phenoxy) is 1. The lowest BCUT2D eigenvalue weighted by molar-refractivity contribution is -0.0552. The fraction of sp³-hybridized carbons (Fsp3) is 1.00. The van der Waals surface area contributed by atoms with Crippen LogP contribution in [0.4, 0.5) is 0 Å². The van der Waals surface area contributed by atoms with Crippen molar-refractivity contribution in [3.8, 4) is 0 Å². The molecule has 2 unspecified atom stereocenters. The number of hydrogen-bond donors (Lipinski definition) is 0. The molecule has 0 amide bonds. The summed E-state index contributed by atoms with van der Waals surface area (Å²) < 4.78 is 5.30. The first-order valence-corrected chi connectivity index (χ1v) is 5.00. The number of rotatable bonds is 4. The predicted molar refractivity (Wildman–Crippen MR) is 46.6 cm³/mol. The van der Waals surface area contributed by atoms with Gasteiger partial charge in [-0.1, -0.05) is 22.9 Å². The van der Waals surface area contributed by atoms with Gasteiger partial charge in [0.05, 0.1) is 6.10 Å². The zero-order valence-corrected chi connectivity index (χ0v) is 8.06. The van der Waals surface area contributed by atoms with Crippen LogP contribution in [0.5, 0.6) is 0 Å². The predicted octanol–water partition coefficient (Wildman–Crippen LogP) is 2.73. The Morgan fingerprint density at radius 2 is 2.40 bits per heavy atom. The van der Waals surface area contributed by atoms with Gasteiger partial charge in [0, 0.05) is 11.4 Å². The van der Waals surface area contributed by atoms with E-state index in [4.69, 9.17) is 4.74 Å². The van der Waals surface area contributed by atoms with Gasteiger partial charge >= 0.3 is 0 Å². The molecule has 60 valence electrons. The van der Waals surface area contributed by atoms with Crippen LogP contribution in [0.2, 0.25) is 0 Å². The first-order chi connectivity index (χ1) is 4.83. The normalized spacial score (nSPS) is 27.6. The molecule has 1 saturated heterocycles. The molecule has 1 heterocycles. The van der Waals surface area contributed by atoms with Crippen molar-refractivity contribution in [2.45, 2.75) is 43.5 Å². The summed E-state index contributed by atoms with van der Waals surface area (Å²) in [5, 5.41) is 0. The summed E-state index contributed by atoms with van der Waals surface area (Å²) in [5.41, 5.74) is 0. The molecule has 1 rings (SSSR count). The van der Waals surface area contributed by atoms with Crippen LogP contribution in [0, 0.1) is 0 Å². The van der Waals surface area contributed by atoms with E-state index in [-0.39, 0.29) is 0 Å². The second-order valence-electron chi connectivity index (χ2n) is 2.86. The van der Waals surface area contributed by atoms with Gasteiger partial charge in [0.2, 0.25) is 0 Å². The van der Waals surface area contributed by atoms with E-state index in [0.717, 1.165) is 6.61 Å². The average molecular weight is 207 g/mol. The van der Waals surface area contributed by atoms with Crippen molar-refractivity contribution in [1.29, 1.82) is 0 Å². The minimum absolute atomic E-state index is 0.589. The molecule has 1 aliphatic heterocycles. The Morgan fingerprint density at radius 1 is 1.70 bits per heavy atom. The third kappa shape index (κ3) is 2.59. The maximum atomic E-state index is 5.30. The highest BCUT2D eigenvalue weighted by atomic mass is 79.9. The zero-order chi connectivity index (χ0) is 7.40. The summed E-state index contributed by atoms with van der Waals surface area (Å²) >= 11 is 3.60. The molecule has 0 N–H and O–H groups in total. The van der Waals surface area contributed by atoms with E-state index in [2.05, 4.69) is 22.9 Å². The Hall–Kier alpha value is 0.440. The fourth-order valence-electron chi connectivity index (χ4n) is 1.08. The van der Waals surface area contributed by atoms with Crippen molar-refractivity contribution >= 4 is 15.9 Å². The Morgan fingerprint density at radius 3 is 2.80 bits per heavy atom. The van der Waals surface area contributed by atoms with Gasteiger partial charge < -0.3 is 4.74 Å². The first-order valence-electron chi connectivity index (χ1n) is 4.08. The first kappa shape index (κ1) is 8.54. The molecular weight excluding hydrogens is 192 g/mol. The van der Waals surface area contributed by atoms with Crippen LogP contribution in [0.3, 0.4) is 0 Å². The van der Waals surface area contributed by atoms with Crippen LogP contribution in [0.1, 0.15) is 32.6 Å². The Labute approximate surface area is 71.3 Å². The highest BCUT2D eigenvalue weighted by Gasteiger charge is 2.18. The third-order valence-corrected chi connectivity index (χ3v) is 3.14. The van der Waals surface area contributed by atoms with Crippen LogP contribution in [0.25, 0.3) is 0 Å². The molecule has 0 aliphatic carbocycles. The molecule has 10 heavy (non-hydrogen) atoms. The van der Waals surface area contributed by atoms with E-state index >= 15 is 0 Å². The Bertz CT molecular complexity index is 86.5. The summed E-state index contributed by atoms with van der Waals surface area (Å²) in [6, 6.07) is 0. The standard InChI is InChI=1S/C8H15BrO/c1-2-7(9)3-4-8-5-6-10-8/h7-8H,2-6H2,1H3. The van der Waals surface area contributed by atoms with E-state index in [1.807, 2.05) is 0 Å². The van der Waals surface area contributed by atoms with E-state index < -0.39 is 0 Å². The lowest BCUT2D eigenvalue weighted by atomic mass is 10.1. The molecule has 0 aromatic rings. The number of halogens is 1. The molecule has 0 aromatic carbocycles. The Kier molecular flexibility index (Phi) is 3.71. The topological polar surface area (TPSA) is 9.23 Å². The summed E-state index contributed by atoms with van der Waals surface area (Å²) in [6.07, 6.45) is 5.60. The highest BCUT2D eigenvalue weighted by Crippen LogP contribution is 2.20. The van der Waals surface area contributed by atoms with Crippen LogP contribution >= 0.6 is 15.9 Å². The summed E-state index contributed by atoms with van der Waals surface area (Å²) in [4.78, 5) is 0.705. The Balaban J connectivity index is 1.93. The van der Waals surface area contributed by atoms with E-state index in [1.165, 1.54) is 25.7 Å². The minimum atomic E-state index is 0.589. The quantitative estimate of drug-likeness (QED) is 0.644. The van der Waals surface area contributed by atoms with Gasteiger partial charge in [0.15, 0.2) is 0 Å². The van der Waals surface area contributed by atoms with E-state index in [1.54, 1.807) is 0 Å². The molecule has 0 bridgehead atoms. The SMILES string of the molecule is CCC(Br)CCC1CCO1. The second-order valence-corrected chi connectivity index (χ2v) is 4.16. The summed E-state index contributed by atoms with van der Waals surface area (Å²) in [5.74, 6) is 0. The van der Waals surface area contributed by atoms with Gasteiger partial charge in [-0.2, -0.15) is 0 Å². The van der Waals surface area contributed by atoms with Gasteiger partial charge in [-0.05, 0) is 25.7 Å². The fourth-order valence-corrected chi connectivity index (χ4v) is 1.35. The van der Waals surface area contributed by atoms with Gasteiger partial charge in [-0.3, -0.25) is 0 Å². The van der Waals surface area contributed by atoms with Crippen LogP contribution in [0.15, 0.2) is 0 Å². The molecule has 1 nitrogen and oxygen atoms in total. The lowest BCUT2D eigenvalue weighted by Gasteiger charge is -2.26. The third-order valence-electron chi connectivity index (χ3n) is 2.04. The van der Waals surface area contributed by atoms with Crippen LogP contribution in [-0.4, -0.2) is 17.5 Å². The highest BCUT2D eigenvalue weighted by molar-refractivity contribution is 9.09. The smallest absolute Gasteiger partial charge is 0.0597 e. The second kappa shape index (κ2) is 4.35. The molecule has 0 saturated carbocycles. The van der Waals surface area contributed by atoms with Crippen molar-refractivity contribution in [2.75, 3.05) is 6.61 Å². The van der Waals surface area contributed by atoms with Crippen LogP contribution < -0.4 is 0 Å². The average Bonchev–Trinajstić information content (AvgIpc) is 1.84. The molecule has 1 aliphatic rings. The molecule has 1 fully saturated rings. The van der Waals surface area contributed by atoms with Crippen molar-refractivity contribution < 1.29 is 4.74 Å². The summed E-state index contributed by atoms with van der Waals surface area (Å²) in [6.45, 7) is 3.20. The van der Waals surface area contributed by atoms with E-state index in [0.29, 0.717) is 10.9 Å². The van der Waals surface area contributed by atoms with Crippen molar-refractivity contribution in [3.63, 3.8) is 0 Å². The van der Waals surface area contributed by atoms with Crippen LogP contribution in [-0.2, 0) is 4.74 Å². The van der Waals surface area contributed by atoms with Gasteiger partial charge in [0.1, 0.15) is 0 Å². The van der Waals surface area contributed by atoms with Gasteiger partial charge in [0.25, 0.3) is 0 Å². The maximum absolute atomic E-state index is 5.30. The van der Waals surface area contributed by atoms with Crippen molar-refractivity contribution in [2.24, 2.45) is 0 Å². The number of hydrogen-bond acceptors (Lipinski definition) is 1. The van der Waals surface area contributed by atoms with Gasteiger partial charge in [-0.15, -0.1) is 0 Å². The van der Waals surface area contributed by atoms with Gasteiger partial charge in [-0.25, -0.2) is 0 Å². The lowest BCUT2D eigenvalue weighted by Crippen LogP contribution is -2.27. The summed E-state index contributed by atoms with van der Waals surface area (Å²) in [7, 11) is 0. The molecule has 0 radical (unpaired) electrons. The molecule has 0 spiro atoms. The van der Waals surface area contributed by atoms with Crippen molar-refractivity contribution in [3.05, 3.63) is 0 Å². The number of alkyl halides is 1. The largest absolute Gasteiger partial charge is 0.378 e. The molecule has 2 atom stereocenters. The van der Waals surface area contributed by atoms with E-state index in [9.17, 15) is 0 Å². The monoisotopic (exact) mass is 206 g/mol. The maximum Gasteiger partial charge on any atom is 0.0597 e. The molecule has 2 heteroatoms.